The van der Waals surface area contributed by atoms with Crippen LogP contribution in [0.1, 0.15) is 110 Å². The number of fused-ring (bicyclic) bond motifs is 1. The highest BCUT2D eigenvalue weighted by Gasteiger charge is 2.08. The molecule has 0 fully saturated rings. The molecule has 0 unspecified atom stereocenters. The van der Waals surface area contributed by atoms with E-state index < -0.39 is 0 Å². The normalized spacial score (nSPS) is 11.4. The number of nitrogens with zero attached hydrogens (tertiary/aromatic N) is 4. The lowest BCUT2D eigenvalue weighted by molar-refractivity contribution is 0.527. The summed E-state index contributed by atoms with van der Waals surface area (Å²) in [6, 6.07) is 8.07. The standard InChI is InChI=1S/C24H41BrN4/c1-2-3-4-5-6-7-8-9-10-11-12-13-14-15-16-19-22-28(25)29-24-21-18-17-20-23(24)26-27-29/h17-18,20-21H,2-16,19,22H2,1H3. The van der Waals surface area contributed by atoms with E-state index in [0.717, 1.165) is 17.6 Å². The molecule has 0 aliphatic rings. The van der Waals surface area contributed by atoms with Crippen LogP contribution in [0, 0.1) is 0 Å². The van der Waals surface area contributed by atoms with E-state index in [0.29, 0.717) is 0 Å². The van der Waals surface area contributed by atoms with Gasteiger partial charge >= 0.3 is 0 Å². The molecule has 2 aromatic rings. The lowest BCUT2D eigenvalue weighted by Crippen LogP contribution is -2.26. The van der Waals surface area contributed by atoms with Crippen molar-refractivity contribution in [3.05, 3.63) is 24.3 Å². The first-order valence-corrected chi connectivity index (χ1v) is 12.8. The fourth-order valence-electron chi connectivity index (χ4n) is 3.90. The van der Waals surface area contributed by atoms with Crippen molar-refractivity contribution < 1.29 is 0 Å². The molecule has 0 atom stereocenters. The van der Waals surface area contributed by atoms with Crippen LogP contribution in [0.15, 0.2) is 24.3 Å². The van der Waals surface area contributed by atoms with Gasteiger partial charge in [0.25, 0.3) is 0 Å². The lowest BCUT2D eigenvalue weighted by atomic mass is 10.0. The minimum atomic E-state index is 0.934. The van der Waals surface area contributed by atoms with E-state index in [9.17, 15) is 0 Å². The highest BCUT2D eigenvalue weighted by molar-refractivity contribution is 9.09. The van der Waals surface area contributed by atoms with Gasteiger partial charge in [0, 0.05) is 6.54 Å². The van der Waals surface area contributed by atoms with Gasteiger partial charge < -0.3 is 0 Å². The third-order valence-electron chi connectivity index (χ3n) is 5.74. The zero-order valence-electron chi connectivity index (χ0n) is 18.5. The second kappa shape index (κ2) is 15.7. The predicted molar refractivity (Wildman–Crippen MR) is 129 cm³/mol. The lowest BCUT2D eigenvalue weighted by Gasteiger charge is -2.15. The summed E-state index contributed by atoms with van der Waals surface area (Å²) in [6.07, 6.45) is 22.4. The van der Waals surface area contributed by atoms with Gasteiger partial charge in [-0.05, 0) is 23.8 Å². The number of halogens is 1. The summed E-state index contributed by atoms with van der Waals surface area (Å²) < 4.78 is 1.99. The van der Waals surface area contributed by atoms with Crippen molar-refractivity contribution in [2.75, 3.05) is 10.6 Å². The molecule has 4 nitrogen and oxygen atoms in total. The van der Waals surface area contributed by atoms with Crippen LogP contribution in [-0.4, -0.2) is 21.6 Å². The quantitative estimate of drug-likeness (QED) is 0.166. The molecule has 1 aromatic heterocycles. The van der Waals surface area contributed by atoms with E-state index in [4.69, 9.17) is 0 Å². The Bertz CT molecular complexity index is 643. The molecular weight excluding hydrogens is 424 g/mol. The van der Waals surface area contributed by atoms with Gasteiger partial charge in [-0.2, -0.15) is 0 Å². The maximum absolute atomic E-state index is 4.23. The summed E-state index contributed by atoms with van der Waals surface area (Å²) in [7, 11) is 0. The molecule has 0 bridgehead atoms. The number of aromatic nitrogens is 3. The Kier molecular flexibility index (Phi) is 13.1. The van der Waals surface area contributed by atoms with E-state index in [1.807, 2.05) is 27.0 Å². The molecule has 0 amide bonds. The molecule has 2 rings (SSSR count). The Balaban J connectivity index is 1.36. The fraction of sp³-hybridized carbons (Fsp3) is 0.750. The molecule has 0 spiro atoms. The topological polar surface area (TPSA) is 34.0 Å². The molecule has 0 N–H and O–H groups in total. The Morgan fingerprint density at radius 3 is 1.76 bits per heavy atom. The number of hydrogen-bond acceptors (Lipinski definition) is 3. The minimum Gasteiger partial charge on any atom is -0.228 e. The third kappa shape index (κ3) is 9.97. The summed E-state index contributed by atoms with van der Waals surface area (Å²) in [6.45, 7) is 3.24. The maximum atomic E-state index is 4.23. The van der Waals surface area contributed by atoms with Gasteiger partial charge in [0.1, 0.15) is 11.0 Å². The molecule has 1 heterocycles. The van der Waals surface area contributed by atoms with E-state index in [-0.39, 0.29) is 0 Å². The van der Waals surface area contributed by atoms with E-state index in [2.05, 4.69) is 39.4 Å². The van der Waals surface area contributed by atoms with Crippen LogP contribution < -0.4 is 4.03 Å². The van der Waals surface area contributed by atoms with Crippen LogP contribution in [0.2, 0.25) is 0 Å². The van der Waals surface area contributed by atoms with Crippen molar-refractivity contribution in [1.82, 2.24) is 15.1 Å². The van der Waals surface area contributed by atoms with Crippen LogP contribution in [0.4, 0.5) is 0 Å². The zero-order chi connectivity index (χ0) is 20.6. The fourth-order valence-corrected chi connectivity index (χ4v) is 4.39. The zero-order valence-corrected chi connectivity index (χ0v) is 20.1. The maximum Gasteiger partial charge on any atom is 0.115 e. The monoisotopic (exact) mass is 464 g/mol. The first-order valence-electron chi connectivity index (χ1n) is 12.1. The van der Waals surface area contributed by atoms with Crippen molar-refractivity contribution in [3.8, 4) is 0 Å². The van der Waals surface area contributed by atoms with Gasteiger partial charge in [-0.1, -0.05) is 115 Å². The highest BCUT2D eigenvalue weighted by atomic mass is 79.9. The Morgan fingerprint density at radius 1 is 0.724 bits per heavy atom. The molecule has 29 heavy (non-hydrogen) atoms. The van der Waals surface area contributed by atoms with E-state index in [1.54, 1.807) is 0 Å². The minimum absolute atomic E-state index is 0.934. The third-order valence-corrected chi connectivity index (χ3v) is 6.39. The van der Waals surface area contributed by atoms with Gasteiger partial charge in [0.15, 0.2) is 0 Å². The van der Waals surface area contributed by atoms with Crippen LogP contribution >= 0.6 is 16.1 Å². The molecule has 164 valence electrons. The highest BCUT2D eigenvalue weighted by Crippen LogP contribution is 2.15. The molecule has 5 heteroatoms. The molecule has 0 radical (unpaired) electrons. The van der Waals surface area contributed by atoms with Gasteiger partial charge in [-0.3, -0.25) is 0 Å². The average Bonchev–Trinajstić information content (AvgIpc) is 3.17. The molecule has 0 saturated heterocycles. The first-order chi connectivity index (χ1) is 14.3. The predicted octanol–water partition coefficient (Wildman–Crippen LogP) is 7.94. The average molecular weight is 466 g/mol. The smallest absolute Gasteiger partial charge is 0.115 e. The largest absolute Gasteiger partial charge is 0.228 e. The van der Waals surface area contributed by atoms with E-state index in [1.165, 1.54) is 103 Å². The molecule has 0 aliphatic heterocycles. The molecular formula is C24H41BrN4. The Morgan fingerprint density at radius 2 is 1.21 bits per heavy atom. The second-order valence-electron chi connectivity index (χ2n) is 8.33. The number of hydrogen-bond donors (Lipinski definition) is 0. The Hall–Kier alpha value is -1.10. The summed E-state index contributed by atoms with van der Waals surface area (Å²) in [4.78, 5) is 1.85. The van der Waals surface area contributed by atoms with Crippen LogP contribution in [0.3, 0.4) is 0 Å². The number of para-hydroxylation sites is 1. The van der Waals surface area contributed by atoms with Crippen molar-refractivity contribution in [1.29, 1.82) is 0 Å². The summed E-state index contributed by atoms with van der Waals surface area (Å²) in [5.74, 6) is 0. The van der Waals surface area contributed by atoms with Crippen LogP contribution in [0.5, 0.6) is 0 Å². The van der Waals surface area contributed by atoms with Crippen LogP contribution in [-0.2, 0) is 0 Å². The van der Waals surface area contributed by atoms with Gasteiger partial charge in [-0.25, -0.2) is 4.03 Å². The van der Waals surface area contributed by atoms with Crippen molar-refractivity contribution in [2.24, 2.45) is 0 Å². The van der Waals surface area contributed by atoms with Gasteiger partial charge in [-0.15, -0.1) is 9.89 Å². The Labute approximate surface area is 186 Å². The van der Waals surface area contributed by atoms with Crippen molar-refractivity contribution in [3.63, 3.8) is 0 Å². The summed E-state index contributed by atoms with van der Waals surface area (Å²) in [5.41, 5.74) is 1.98. The molecule has 0 aliphatic carbocycles. The van der Waals surface area contributed by atoms with E-state index >= 15 is 0 Å². The number of unbranched alkanes of at least 4 members (excludes halogenated alkanes) is 15. The van der Waals surface area contributed by atoms with Crippen LogP contribution in [0.25, 0.3) is 11.0 Å². The molecule has 0 saturated carbocycles. The first kappa shape index (κ1) is 24.2. The summed E-state index contributed by atoms with van der Waals surface area (Å²) >= 11 is 3.62. The SMILES string of the molecule is CCCCCCCCCCCCCCCCCCN(Br)n1nnc2ccccc21. The van der Waals surface area contributed by atoms with Gasteiger partial charge in [0.05, 0.1) is 16.1 Å². The summed E-state index contributed by atoms with van der Waals surface area (Å²) in [5, 5.41) is 8.44. The van der Waals surface area contributed by atoms with Crippen molar-refractivity contribution in [2.45, 2.75) is 110 Å². The second-order valence-corrected chi connectivity index (χ2v) is 9.15. The molecule has 1 aromatic carbocycles. The van der Waals surface area contributed by atoms with Gasteiger partial charge in [0.2, 0.25) is 0 Å². The van der Waals surface area contributed by atoms with Crippen molar-refractivity contribution >= 4 is 27.2 Å². The number of rotatable bonds is 18. The number of benzene rings is 1.